The number of nitrogens with zero attached hydrogens (tertiary/aromatic N) is 2. The van der Waals surface area contributed by atoms with Crippen LogP contribution in [0.15, 0.2) is 27.1 Å². The summed E-state index contributed by atoms with van der Waals surface area (Å²) in [5.41, 5.74) is 0.364. The van der Waals surface area contributed by atoms with E-state index in [1.54, 1.807) is 13.8 Å². The molecule has 1 aromatic rings. The highest BCUT2D eigenvalue weighted by Gasteiger charge is 2.06. The van der Waals surface area contributed by atoms with Gasteiger partial charge in [-0.05, 0) is 35.4 Å². The smallest absolute Gasteiger partial charge is 0.328 e. The zero-order chi connectivity index (χ0) is 12.3. The van der Waals surface area contributed by atoms with Gasteiger partial charge in [0.2, 0.25) is 0 Å². The van der Waals surface area contributed by atoms with Crippen LogP contribution in [0, 0.1) is 6.92 Å². The van der Waals surface area contributed by atoms with Crippen molar-refractivity contribution in [2.45, 2.75) is 20.4 Å². The number of carboxylic acid groups (broad SMARTS) is 1. The second-order valence-electron chi connectivity index (χ2n) is 3.37. The second-order valence-corrected chi connectivity index (χ2v) is 4.23. The number of aryl methyl sites for hydroxylation is 1. The Bertz CT molecular complexity index is 505. The highest BCUT2D eigenvalue weighted by Crippen LogP contribution is 2.04. The number of allylic oxidation sites excluding steroid dienone is 1. The standard InChI is InChI=1S/C10H11BrN2O3/c1-6(3-9(14)15)5-13-7(2)12-4-8(11)10(13)16/h3-4H,5H2,1-2H3,(H,14,15). The number of carboxylic acids is 1. The van der Waals surface area contributed by atoms with Gasteiger partial charge in [-0.1, -0.05) is 0 Å². The van der Waals surface area contributed by atoms with E-state index in [1.165, 1.54) is 10.8 Å². The van der Waals surface area contributed by atoms with Crippen LogP contribution < -0.4 is 5.56 Å². The third-order valence-electron chi connectivity index (χ3n) is 1.98. The van der Waals surface area contributed by atoms with Crippen LogP contribution in [-0.4, -0.2) is 20.6 Å². The van der Waals surface area contributed by atoms with Gasteiger partial charge in [0.1, 0.15) is 10.3 Å². The SMILES string of the molecule is CC(=CC(=O)O)Cn1c(C)ncc(Br)c1=O. The van der Waals surface area contributed by atoms with E-state index in [-0.39, 0.29) is 12.1 Å². The number of halogens is 1. The zero-order valence-electron chi connectivity index (χ0n) is 8.90. The molecule has 0 unspecified atom stereocenters. The highest BCUT2D eigenvalue weighted by molar-refractivity contribution is 9.10. The van der Waals surface area contributed by atoms with Gasteiger partial charge in [-0.3, -0.25) is 9.36 Å². The maximum absolute atomic E-state index is 11.7. The van der Waals surface area contributed by atoms with Crippen molar-refractivity contribution in [3.63, 3.8) is 0 Å². The maximum atomic E-state index is 11.7. The maximum Gasteiger partial charge on any atom is 0.328 e. The first-order chi connectivity index (χ1) is 7.41. The number of aromatic nitrogens is 2. The molecule has 0 bridgehead atoms. The van der Waals surface area contributed by atoms with Crippen molar-refractivity contribution in [1.29, 1.82) is 0 Å². The van der Waals surface area contributed by atoms with E-state index in [9.17, 15) is 9.59 Å². The third-order valence-corrected chi connectivity index (χ3v) is 2.53. The lowest BCUT2D eigenvalue weighted by atomic mass is 10.2. The van der Waals surface area contributed by atoms with E-state index in [4.69, 9.17) is 5.11 Å². The molecule has 0 radical (unpaired) electrons. The molecule has 0 aliphatic rings. The summed E-state index contributed by atoms with van der Waals surface area (Å²) in [6.45, 7) is 3.58. The monoisotopic (exact) mass is 286 g/mol. The van der Waals surface area contributed by atoms with Gasteiger partial charge in [0.15, 0.2) is 0 Å². The van der Waals surface area contributed by atoms with Crippen molar-refractivity contribution in [3.8, 4) is 0 Å². The lowest BCUT2D eigenvalue weighted by Crippen LogP contribution is -2.24. The lowest BCUT2D eigenvalue weighted by Gasteiger charge is -2.08. The summed E-state index contributed by atoms with van der Waals surface area (Å²) in [5.74, 6) is -0.475. The fourth-order valence-electron chi connectivity index (χ4n) is 1.24. The first-order valence-corrected chi connectivity index (χ1v) is 5.33. The predicted molar refractivity (Wildman–Crippen MR) is 62.3 cm³/mol. The molecular formula is C10H11BrN2O3. The molecule has 1 N–H and O–H groups in total. The van der Waals surface area contributed by atoms with Gasteiger partial charge in [0.05, 0.1) is 0 Å². The van der Waals surface area contributed by atoms with Crippen LogP contribution >= 0.6 is 15.9 Å². The molecule has 0 saturated heterocycles. The van der Waals surface area contributed by atoms with Crippen LogP contribution in [0.5, 0.6) is 0 Å². The van der Waals surface area contributed by atoms with Crippen molar-refractivity contribution >= 4 is 21.9 Å². The quantitative estimate of drug-likeness (QED) is 0.852. The lowest BCUT2D eigenvalue weighted by molar-refractivity contribution is -0.131. The largest absolute Gasteiger partial charge is 0.478 e. The summed E-state index contributed by atoms with van der Waals surface area (Å²) < 4.78 is 1.78. The molecule has 0 aliphatic carbocycles. The molecule has 0 aliphatic heterocycles. The summed E-state index contributed by atoms with van der Waals surface area (Å²) in [5, 5.41) is 8.57. The molecular weight excluding hydrogens is 276 g/mol. The second kappa shape index (κ2) is 5.07. The number of rotatable bonds is 3. The van der Waals surface area contributed by atoms with Crippen molar-refractivity contribution in [1.82, 2.24) is 9.55 Å². The average Bonchev–Trinajstić information content (AvgIpc) is 2.17. The molecule has 0 aromatic carbocycles. The first kappa shape index (κ1) is 12.6. The van der Waals surface area contributed by atoms with Gasteiger partial charge < -0.3 is 5.11 Å². The van der Waals surface area contributed by atoms with E-state index in [0.29, 0.717) is 15.9 Å². The topological polar surface area (TPSA) is 72.2 Å². The Hall–Kier alpha value is -1.43. The van der Waals surface area contributed by atoms with Crippen LogP contribution in [0.4, 0.5) is 0 Å². The molecule has 16 heavy (non-hydrogen) atoms. The first-order valence-electron chi connectivity index (χ1n) is 4.54. The van der Waals surface area contributed by atoms with Crippen LogP contribution in [0.1, 0.15) is 12.7 Å². The Morgan fingerprint density at radius 1 is 1.69 bits per heavy atom. The molecule has 0 atom stereocenters. The van der Waals surface area contributed by atoms with Gasteiger partial charge in [-0.2, -0.15) is 0 Å². The summed E-state index contributed by atoms with van der Waals surface area (Å²) in [6.07, 6.45) is 2.51. The molecule has 0 saturated carbocycles. The normalized spacial score (nSPS) is 11.6. The van der Waals surface area contributed by atoms with Crippen LogP contribution in [-0.2, 0) is 11.3 Å². The molecule has 86 valence electrons. The molecule has 5 nitrogen and oxygen atoms in total. The molecule has 1 heterocycles. The molecule has 0 spiro atoms. The minimum atomic E-state index is -1.02. The third kappa shape index (κ3) is 3.03. The molecule has 0 amide bonds. The Morgan fingerprint density at radius 2 is 2.31 bits per heavy atom. The van der Waals surface area contributed by atoms with Crippen molar-refractivity contribution in [2.24, 2.45) is 0 Å². The fourth-order valence-corrected chi connectivity index (χ4v) is 1.56. The van der Waals surface area contributed by atoms with Crippen molar-refractivity contribution < 1.29 is 9.90 Å². The van der Waals surface area contributed by atoms with E-state index >= 15 is 0 Å². The molecule has 0 fully saturated rings. The average molecular weight is 287 g/mol. The number of hydrogen-bond acceptors (Lipinski definition) is 3. The Labute approximate surface area is 101 Å². The fraction of sp³-hybridized carbons (Fsp3) is 0.300. The van der Waals surface area contributed by atoms with E-state index in [1.807, 2.05) is 0 Å². The van der Waals surface area contributed by atoms with E-state index < -0.39 is 5.97 Å². The van der Waals surface area contributed by atoms with Gasteiger partial charge in [0.25, 0.3) is 5.56 Å². The summed E-state index contributed by atoms with van der Waals surface area (Å²) in [4.78, 5) is 26.2. The van der Waals surface area contributed by atoms with Crippen molar-refractivity contribution in [3.05, 3.63) is 38.5 Å². The number of aliphatic carboxylic acids is 1. The summed E-state index contributed by atoms with van der Waals surface area (Å²) in [7, 11) is 0. The van der Waals surface area contributed by atoms with E-state index in [0.717, 1.165) is 6.08 Å². The highest BCUT2D eigenvalue weighted by atomic mass is 79.9. The Morgan fingerprint density at radius 3 is 2.88 bits per heavy atom. The van der Waals surface area contributed by atoms with Crippen LogP contribution in [0.25, 0.3) is 0 Å². The minimum Gasteiger partial charge on any atom is -0.478 e. The van der Waals surface area contributed by atoms with Crippen LogP contribution in [0.2, 0.25) is 0 Å². The Balaban J connectivity index is 3.11. The summed E-state index contributed by atoms with van der Waals surface area (Å²) >= 11 is 3.09. The minimum absolute atomic E-state index is 0.217. The zero-order valence-corrected chi connectivity index (χ0v) is 10.5. The number of carbonyl (C=O) groups is 1. The predicted octanol–water partition coefficient (Wildman–Crippen LogP) is 1.35. The molecule has 6 heteroatoms. The number of hydrogen-bond donors (Lipinski definition) is 1. The van der Waals surface area contributed by atoms with Gasteiger partial charge in [-0.15, -0.1) is 0 Å². The molecule has 1 rings (SSSR count). The van der Waals surface area contributed by atoms with Crippen LogP contribution in [0.3, 0.4) is 0 Å². The van der Waals surface area contributed by atoms with Gasteiger partial charge in [0, 0.05) is 18.8 Å². The molecule has 1 aromatic heterocycles. The summed E-state index contributed by atoms with van der Waals surface area (Å²) in [6, 6.07) is 0. The van der Waals surface area contributed by atoms with Gasteiger partial charge >= 0.3 is 5.97 Å². The Kier molecular flexibility index (Phi) is 4.00. The van der Waals surface area contributed by atoms with Gasteiger partial charge in [-0.25, -0.2) is 9.78 Å². The van der Waals surface area contributed by atoms with E-state index in [2.05, 4.69) is 20.9 Å². The van der Waals surface area contributed by atoms with Crippen molar-refractivity contribution in [2.75, 3.05) is 0 Å².